The number of hydrogen-bond acceptors (Lipinski definition) is 5. The fraction of sp³-hybridized carbons (Fsp3) is 0.143. The molecule has 7 nitrogen and oxygen atoms in total. The minimum Gasteiger partial charge on any atom is -0.477 e. The molecule has 0 aliphatic heterocycles. The number of rotatable bonds is 3. The van der Waals surface area contributed by atoms with Crippen molar-refractivity contribution in [2.45, 2.75) is 6.43 Å². The molecule has 0 amide bonds. The van der Waals surface area contributed by atoms with Crippen LogP contribution in [0.2, 0.25) is 0 Å². The molecule has 16 heavy (non-hydrogen) atoms. The van der Waals surface area contributed by atoms with Crippen molar-refractivity contribution in [3.05, 3.63) is 27.3 Å². The second kappa shape index (κ2) is 4.04. The number of anilines is 1. The molecule has 1 heterocycles. The van der Waals surface area contributed by atoms with Gasteiger partial charge in [-0.3, -0.25) is 0 Å². The van der Waals surface area contributed by atoms with Crippen LogP contribution in [0.3, 0.4) is 0 Å². The van der Waals surface area contributed by atoms with Gasteiger partial charge in [-0.1, -0.05) is 0 Å². The zero-order valence-electron chi connectivity index (χ0n) is 7.55. The number of pyridine rings is 1. The number of carboxylic acid groups (broad SMARTS) is 1. The fourth-order valence-corrected chi connectivity index (χ4v) is 1.00. The maximum Gasteiger partial charge on any atom is 0.380 e. The monoisotopic (exact) mass is 233 g/mol. The Balaban J connectivity index is 3.49. The number of aromatic nitrogens is 1. The molecule has 1 aromatic rings. The van der Waals surface area contributed by atoms with E-state index in [4.69, 9.17) is 10.8 Å². The number of carbonyl (C=O) groups is 1. The van der Waals surface area contributed by atoms with Gasteiger partial charge in [0.25, 0.3) is 6.43 Å². The summed E-state index contributed by atoms with van der Waals surface area (Å²) < 4.78 is 24.6. The summed E-state index contributed by atoms with van der Waals surface area (Å²) >= 11 is 0. The number of halogens is 2. The molecular formula is C7H5F2N3O4. The van der Waals surface area contributed by atoms with Crippen LogP contribution in [0.15, 0.2) is 6.07 Å². The summed E-state index contributed by atoms with van der Waals surface area (Å²) in [6.07, 6.45) is -3.05. The normalized spacial score (nSPS) is 10.4. The number of alkyl halides is 2. The summed E-state index contributed by atoms with van der Waals surface area (Å²) in [7, 11) is 0. The molecule has 0 bridgehead atoms. The van der Waals surface area contributed by atoms with E-state index in [-0.39, 0.29) is 0 Å². The van der Waals surface area contributed by atoms with Crippen LogP contribution in [-0.2, 0) is 0 Å². The van der Waals surface area contributed by atoms with Crippen molar-refractivity contribution in [1.82, 2.24) is 4.98 Å². The molecule has 0 atom stereocenters. The number of nitrogens with zero attached hydrogens (tertiary/aromatic N) is 2. The third-order valence-corrected chi connectivity index (χ3v) is 1.70. The van der Waals surface area contributed by atoms with Crippen LogP contribution in [0.5, 0.6) is 0 Å². The lowest BCUT2D eigenvalue weighted by atomic mass is 10.1. The summed E-state index contributed by atoms with van der Waals surface area (Å²) in [6.45, 7) is 0. The molecule has 0 saturated heterocycles. The summed E-state index contributed by atoms with van der Waals surface area (Å²) in [5.41, 5.74) is 3.27. The van der Waals surface area contributed by atoms with Crippen LogP contribution in [0, 0.1) is 10.1 Å². The van der Waals surface area contributed by atoms with E-state index in [0.717, 1.165) is 0 Å². The van der Waals surface area contributed by atoms with Gasteiger partial charge in [0.15, 0.2) is 5.56 Å². The van der Waals surface area contributed by atoms with Gasteiger partial charge < -0.3 is 21.0 Å². The highest BCUT2D eigenvalue weighted by molar-refractivity contribution is 5.92. The molecule has 9 heteroatoms. The van der Waals surface area contributed by atoms with Crippen LogP contribution in [-0.4, -0.2) is 21.0 Å². The minimum absolute atomic E-state index is 0.452. The largest absolute Gasteiger partial charge is 0.477 e. The smallest absolute Gasteiger partial charge is 0.380 e. The van der Waals surface area contributed by atoms with Crippen LogP contribution in [0.25, 0.3) is 0 Å². The van der Waals surface area contributed by atoms with E-state index in [1.807, 2.05) is 0 Å². The van der Waals surface area contributed by atoms with Gasteiger partial charge in [0.2, 0.25) is 5.82 Å². The molecule has 3 N–H and O–H groups in total. The zero-order valence-corrected chi connectivity index (χ0v) is 7.55. The molecule has 0 unspecified atom stereocenters. The average molecular weight is 233 g/mol. The van der Waals surface area contributed by atoms with Crippen molar-refractivity contribution in [1.29, 1.82) is 0 Å². The van der Waals surface area contributed by atoms with Gasteiger partial charge in [-0.25, -0.2) is 13.6 Å². The van der Waals surface area contributed by atoms with Gasteiger partial charge in [-0.15, -0.1) is 0 Å². The predicted molar refractivity (Wildman–Crippen MR) is 47.2 cm³/mol. The lowest BCUT2D eigenvalue weighted by molar-refractivity contribution is -0.389. The number of nitrogens with two attached hydrogens (primary N) is 1. The molecule has 1 aromatic heterocycles. The highest BCUT2D eigenvalue weighted by Crippen LogP contribution is 2.28. The minimum atomic E-state index is -3.05. The quantitative estimate of drug-likeness (QED) is 0.598. The van der Waals surface area contributed by atoms with Gasteiger partial charge in [0.1, 0.15) is 0 Å². The van der Waals surface area contributed by atoms with E-state index in [1.54, 1.807) is 0 Å². The van der Waals surface area contributed by atoms with E-state index in [2.05, 4.69) is 4.98 Å². The Bertz CT molecular complexity index is 463. The van der Waals surface area contributed by atoms with Crippen LogP contribution >= 0.6 is 0 Å². The average Bonchev–Trinajstić information content (AvgIpc) is 2.15. The number of nitrogen functional groups attached to an aromatic ring is 1. The molecular weight excluding hydrogens is 228 g/mol. The number of aromatic carboxylic acids is 1. The second-order valence-corrected chi connectivity index (χ2v) is 2.70. The summed E-state index contributed by atoms with van der Waals surface area (Å²) in [5, 5.41) is 19.0. The van der Waals surface area contributed by atoms with E-state index >= 15 is 0 Å². The maximum absolute atomic E-state index is 12.3. The van der Waals surface area contributed by atoms with Crippen LogP contribution < -0.4 is 5.73 Å². The van der Waals surface area contributed by atoms with E-state index < -0.39 is 40.1 Å². The molecule has 0 radical (unpaired) electrons. The van der Waals surface area contributed by atoms with E-state index in [9.17, 15) is 23.7 Å². The third-order valence-electron chi connectivity index (χ3n) is 1.70. The summed E-state index contributed by atoms with van der Waals surface area (Å²) in [6, 6.07) is 0.452. The third kappa shape index (κ3) is 2.02. The van der Waals surface area contributed by atoms with Gasteiger partial charge in [-0.2, -0.15) is 0 Å². The summed E-state index contributed by atoms with van der Waals surface area (Å²) in [5.74, 6) is -3.54. The number of hydrogen-bond donors (Lipinski definition) is 2. The van der Waals surface area contributed by atoms with Crippen molar-refractivity contribution in [3.8, 4) is 0 Å². The number of nitro groups is 1. The molecule has 1 rings (SSSR count). The van der Waals surface area contributed by atoms with Crippen molar-refractivity contribution in [2.24, 2.45) is 0 Å². The van der Waals surface area contributed by atoms with Gasteiger partial charge in [0, 0.05) is 0 Å². The predicted octanol–water partition coefficient (Wildman–Crippen LogP) is 1.21. The van der Waals surface area contributed by atoms with E-state index in [0.29, 0.717) is 6.07 Å². The fourth-order valence-electron chi connectivity index (χ4n) is 1.00. The SMILES string of the molecule is Nc1nc([N+](=O)[O-])c(C(=O)O)cc1C(F)F. The van der Waals surface area contributed by atoms with Crippen molar-refractivity contribution in [3.63, 3.8) is 0 Å². The topological polar surface area (TPSA) is 119 Å². The van der Waals surface area contributed by atoms with Gasteiger partial charge in [-0.05, 0) is 16.0 Å². The highest BCUT2D eigenvalue weighted by Gasteiger charge is 2.28. The van der Waals surface area contributed by atoms with Crippen LogP contribution in [0.1, 0.15) is 22.3 Å². The molecule has 0 aliphatic rings. The van der Waals surface area contributed by atoms with Gasteiger partial charge >= 0.3 is 11.8 Å². The molecule has 86 valence electrons. The second-order valence-electron chi connectivity index (χ2n) is 2.70. The molecule has 0 aromatic carbocycles. The Kier molecular flexibility index (Phi) is 2.97. The number of carboxylic acids is 1. The molecule has 0 fully saturated rings. The molecule has 0 spiro atoms. The Morgan fingerprint density at radius 2 is 2.19 bits per heavy atom. The standard InChI is InChI=1S/C7H5F2N3O4/c8-4(9)2-1-3(7(13)14)6(12(15)16)11-5(2)10/h1,4H,(H2,10,11)(H,13,14). The van der Waals surface area contributed by atoms with Gasteiger partial charge in [0.05, 0.1) is 5.56 Å². The summed E-state index contributed by atoms with van der Waals surface area (Å²) in [4.78, 5) is 22.9. The first-order chi connectivity index (χ1) is 7.34. The van der Waals surface area contributed by atoms with E-state index in [1.165, 1.54) is 0 Å². The lowest BCUT2D eigenvalue weighted by Gasteiger charge is -2.03. The first-order valence-corrected chi connectivity index (χ1v) is 3.80. The first kappa shape index (κ1) is 11.8. The lowest BCUT2D eigenvalue weighted by Crippen LogP contribution is -2.09. The van der Waals surface area contributed by atoms with Crippen LogP contribution in [0.4, 0.5) is 20.4 Å². The first-order valence-electron chi connectivity index (χ1n) is 3.80. The van der Waals surface area contributed by atoms with Crippen molar-refractivity contribution in [2.75, 3.05) is 5.73 Å². The highest BCUT2D eigenvalue weighted by atomic mass is 19.3. The molecule has 0 aliphatic carbocycles. The Hall–Kier alpha value is -2.32. The Morgan fingerprint density at radius 1 is 1.62 bits per heavy atom. The zero-order chi connectivity index (χ0) is 12.5. The maximum atomic E-state index is 12.3. The van der Waals surface area contributed by atoms with Crippen molar-refractivity contribution < 1.29 is 23.6 Å². The Labute approximate surface area is 86.7 Å². The Morgan fingerprint density at radius 3 is 2.56 bits per heavy atom. The molecule has 0 saturated carbocycles. The van der Waals surface area contributed by atoms with Crippen molar-refractivity contribution >= 4 is 17.6 Å².